The second kappa shape index (κ2) is 5.10. The number of methoxy groups -OCH3 is 1. The largest absolute Gasteiger partial charge is 0.385 e. The molecule has 0 aromatic heterocycles. The van der Waals surface area contributed by atoms with E-state index in [2.05, 4.69) is 30.3 Å². The van der Waals surface area contributed by atoms with E-state index in [0.29, 0.717) is 6.61 Å². The highest BCUT2D eigenvalue weighted by Gasteiger charge is 2.05. The Labute approximate surface area is 96.0 Å². The molecule has 2 heteroatoms. The Kier molecular flexibility index (Phi) is 3.54. The van der Waals surface area contributed by atoms with Gasteiger partial charge in [0.05, 0.1) is 0 Å². The quantitative estimate of drug-likeness (QED) is 0.851. The van der Waals surface area contributed by atoms with Gasteiger partial charge in [0.25, 0.3) is 0 Å². The molecule has 1 unspecified atom stereocenters. The van der Waals surface area contributed by atoms with Crippen LogP contribution < -0.4 is 5.73 Å². The lowest BCUT2D eigenvalue weighted by atomic mass is 10.0. The van der Waals surface area contributed by atoms with Gasteiger partial charge in [-0.2, -0.15) is 0 Å². The standard InChI is InChI=1S/C14H17NO/c1-16-9-8-14(15)13-7-6-11-4-2-3-5-12(11)10-13/h2-7,10,14H,8-9,15H2,1H3. The maximum Gasteiger partial charge on any atom is 0.0480 e. The van der Waals surface area contributed by atoms with Crippen LogP contribution in [-0.2, 0) is 4.74 Å². The van der Waals surface area contributed by atoms with Gasteiger partial charge in [-0.25, -0.2) is 0 Å². The van der Waals surface area contributed by atoms with Gasteiger partial charge in [0.2, 0.25) is 0 Å². The summed E-state index contributed by atoms with van der Waals surface area (Å²) in [5.41, 5.74) is 7.27. The molecule has 0 heterocycles. The third-order valence-corrected chi connectivity index (χ3v) is 2.83. The van der Waals surface area contributed by atoms with E-state index in [9.17, 15) is 0 Å². The predicted octanol–water partition coefficient (Wildman–Crippen LogP) is 2.88. The van der Waals surface area contributed by atoms with Crippen molar-refractivity contribution in [2.75, 3.05) is 13.7 Å². The number of rotatable bonds is 4. The second-order valence-corrected chi connectivity index (χ2v) is 3.99. The van der Waals surface area contributed by atoms with Crippen LogP contribution in [-0.4, -0.2) is 13.7 Å². The molecule has 0 radical (unpaired) electrons. The number of hydrogen-bond acceptors (Lipinski definition) is 2. The molecule has 0 aliphatic heterocycles. The summed E-state index contributed by atoms with van der Waals surface area (Å²) in [5, 5.41) is 2.50. The molecule has 0 spiro atoms. The Morgan fingerprint density at radius 1 is 1.12 bits per heavy atom. The van der Waals surface area contributed by atoms with E-state index < -0.39 is 0 Å². The highest BCUT2D eigenvalue weighted by atomic mass is 16.5. The van der Waals surface area contributed by atoms with Gasteiger partial charge in [-0.3, -0.25) is 0 Å². The summed E-state index contributed by atoms with van der Waals surface area (Å²) in [6, 6.07) is 14.8. The molecular weight excluding hydrogens is 198 g/mol. The second-order valence-electron chi connectivity index (χ2n) is 3.99. The Balaban J connectivity index is 2.25. The van der Waals surface area contributed by atoms with Crippen molar-refractivity contribution in [3.05, 3.63) is 48.0 Å². The smallest absolute Gasteiger partial charge is 0.0480 e. The molecule has 0 amide bonds. The van der Waals surface area contributed by atoms with Crippen molar-refractivity contribution in [2.24, 2.45) is 5.73 Å². The molecular formula is C14H17NO. The molecule has 0 fully saturated rings. The summed E-state index contributed by atoms with van der Waals surface area (Å²) in [6.07, 6.45) is 0.856. The van der Waals surface area contributed by atoms with Crippen LogP contribution in [0.5, 0.6) is 0 Å². The SMILES string of the molecule is COCCC(N)c1ccc2ccccc2c1. The summed E-state index contributed by atoms with van der Waals surface area (Å²) in [6.45, 7) is 0.702. The Bertz CT molecular complexity index is 467. The van der Waals surface area contributed by atoms with Crippen LogP contribution in [0.15, 0.2) is 42.5 Å². The fourth-order valence-electron chi connectivity index (χ4n) is 1.85. The van der Waals surface area contributed by atoms with E-state index in [0.717, 1.165) is 6.42 Å². The molecule has 0 aliphatic rings. The first-order valence-corrected chi connectivity index (χ1v) is 5.54. The molecule has 1 atom stereocenters. The lowest BCUT2D eigenvalue weighted by Gasteiger charge is -2.12. The minimum atomic E-state index is 0.0598. The van der Waals surface area contributed by atoms with E-state index in [1.807, 2.05) is 12.1 Å². The first-order chi connectivity index (χ1) is 7.81. The van der Waals surface area contributed by atoms with E-state index in [1.54, 1.807) is 7.11 Å². The third-order valence-electron chi connectivity index (χ3n) is 2.83. The van der Waals surface area contributed by atoms with E-state index in [-0.39, 0.29) is 6.04 Å². The van der Waals surface area contributed by atoms with Gasteiger partial charge in [-0.1, -0.05) is 36.4 Å². The van der Waals surface area contributed by atoms with E-state index in [4.69, 9.17) is 10.5 Å². The molecule has 2 aromatic rings. The Morgan fingerprint density at radius 2 is 1.88 bits per heavy atom. The van der Waals surface area contributed by atoms with Crippen molar-refractivity contribution in [3.63, 3.8) is 0 Å². The first kappa shape index (κ1) is 11.1. The summed E-state index contributed by atoms with van der Waals surface area (Å²) in [4.78, 5) is 0. The molecule has 2 N–H and O–H groups in total. The minimum Gasteiger partial charge on any atom is -0.385 e. The van der Waals surface area contributed by atoms with Crippen molar-refractivity contribution in [1.29, 1.82) is 0 Å². The monoisotopic (exact) mass is 215 g/mol. The van der Waals surface area contributed by atoms with Gasteiger partial charge in [0, 0.05) is 19.8 Å². The highest BCUT2D eigenvalue weighted by molar-refractivity contribution is 5.83. The van der Waals surface area contributed by atoms with Crippen molar-refractivity contribution in [1.82, 2.24) is 0 Å². The van der Waals surface area contributed by atoms with Crippen molar-refractivity contribution < 1.29 is 4.74 Å². The fourth-order valence-corrected chi connectivity index (χ4v) is 1.85. The normalized spacial score (nSPS) is 12.9. The first-order valence-electron chi connectivity index (χ1n) is 5.54. The zero-order chi connectivity index (χ0) is 11.4. The summed E-state index contributed by atoms with van der Waals surface area (Å²) >= 11 is 0. The lowest BCUT2D eigenvalue weighted by molar-refractivity contribution is 0.188. The average Bonchev–Trinajstić information content (AvgIpc) is 2.35. The van der Waals surface area contributed by atoms with Crippen molar-refractivity contribution >= 4 is 10.8 Å². The Hall–Kier alpha value is -1.38. The number of ether oxygens (including phenoxy) is 1. The van der Waals surface area contributed by atoms with Crippen LogP contribution in [0.3, 0.4) is 0 Å². The topological polar surface area (TPSA) is 35.2 Å². The highest BCUT2D eigenvalue weighted by Crippen LogP contribution is 2.20. The number of nitrogens with two attached hydrogens (primary N) is 1. The van der Waals surface area contributed by atoms with Gasteiger partial charge in [-0.05, 0) is 28.8 Å². The van der Waals surface area contributed by atoms with Crippen LogP contribution in [0, 0.1) is 0 Å². The molecule has 84 valence electrons. The molecule has 0 aliphatic carbocycles. The number of hydrogen-bond donors (Lipinski definition) is 1. The van der Waals surface area contributed by atoms with Crippen LogP contribution in [0.2, 0.25) is 0 Å². The molecule has 0 bridgehead atoms. The van der Waals surface area contributed by atoms with Crippen LogP contribution in [0.25, 0.3) is 10.8 Å². The zero-order valence-corrected chi connectivity index (χ0v) is 9.52. The van der Waals surface area contributed by atoms with E-state index in [1.165, 1.54) is 16.3 Å². The van der Waals surface area contributed by atoms with Gasteiger partial charge in [0.15, 0.2) is 0 Å². The predicted molar refractivity (Wildman–Crippen MR) is 67.4 cm³/mol. The van der Waals surface area contributed by atoms with Gasteiger partial charge >= 0.3 is 0 Å². The van der Waals surface area contributed by atoms with Gasteiger partial charge in [0.1, 0.15) is 0 Å². The van der Waals surface area contributed by atoms with E-state index >= 15 is 0 Å². The fraction of sp³-hybridized carbons (Fsp3) is 0.286. The van der Waals surface area contributed by atoms with Crippen LogP contribution in [0.4, 0.5) is 0 Å². The summed E-state index contributed by atoms with van der Waals surface area (Å²) in [5.74, 6) is 0. The van der Waals surface area contributed by atoms with Gasteiger partial charge < -0.3 is 10.5 Å². The summed E-state index contributed by atoms with van der Waals surface area (Å²) < 4.78 is 5.04. The lowest BCUT2D eigenvalue weighted by Crippen LogP contribution is -2.12. The molecule has 2 nitrogen and oxygen atoms in total. The minimum absolute atomic E-state index is 0.0598. The van der Waals surface area contributed by atoms with Gasteiger partial charge in [-0.15, -0.1) is 0 Å². The Morgan fingerprint density at radius 3 is 2.62 bits per heavy atom. The molecule has 0 saturated heterocycles. The zero-order valence-electron chi connectivity index (χ0n) is 9.52. The van der Waals surface area contributed by atoms with Crippen LogP contribution in [0.1, 0.15) is 18.0 Å². The van der Waals surface area contributed by atoms with Crippen LogP contribution >= 0.6 is 0 Å². The maximum atomic E-state index is 6.09. The molecule has 0 saturated carbocycles. The van der Waals surface area contributed by atoms with Crippen molar-refractivity contribution in [2.45, 2.75) is 12.5 Å². The summed E-state index contributed by atoms with van der Waals surface area (Å²) in [7, 11) is 1.70. The number of fused-ring (bicyclic) bond motifs is 1. The third kappa shape index (κ3) is 2.40. The van der Waals surface area contributed by atoms with Crippen molar-refractivity contribution in [3.8, 4) is 0 Å². The maximum absolute atomic E-state index is 6.09. The molecule has 2 aromatic carbocycles. The average molecular weight is 215 g/mol. The molecule has 16 heavy (non-hydrogen) atoms. The number of benzene rings is 2. The molecule has 2 rings (SSSR count).